The highest BCUT2D eigenvalue weighted by atomic mass is 15.2. The van der Waals surface area contributed by atoms with Crippen molar-refractivity contribution in [2.75, 3.05) is 13.1 Å². The highest BCUT2D eigenvalue weighted by molar-refractivity contribution is 4.97. The summed E-state index contributed by atoms with van der Waals surface area (Å²) in [5.41, 5.74) is 0. The Labute approximate surface area is 94.4 Å². The summed E-state index contributed by atoms with van der Waals surface area (Å²) in [6.45, 7) is 11.9. The predicted molar refractivity (Wildman–Crippen MR) is 65.0 cm³/mol. The van der Waals surface area contributed by atoms with Crippen molar-refractivity contribution in [1.82, 2.24) is 10.2 Å². The van der Waals surface area contributed by atoms with Gasteiger partial charge in [-0.1, -0.05) is 13.8 Å². The van der Waals surface area contributed by atoms with E-state index in [0.717, 1.165) is 23.9 Å². The van der Waals surface area contributed by atoms with E-state index in [1.807, 2.05) is 0 Å². The standard InChI is InChI=1S/C13H26N2/c1-9(2)14-13-6-5-11-7-15(10(3)4)8-12(11)13/h9-14H,5-8H2,1-4H3. The number of likely N-dealkylation sites (tertiary alicyclic amines) is 1. The molecule has 0 amide bonds. The lowest BCUT2D eigenvalue weighted by molar-refractivity contribution is 0.244. The van der Waals surface area contributed by atoms with Gasteiger partial charge in [-0.3, -0.25) is 0 Å². The largest absolute Gasteiger partial charge is 0.311 e. The molecule has 2 heteroatoms. The van der Waals surface area contributed by atoms with Gasteiger partial charge >= 0.3 is 0 Å². The summed E-state index contributed by atoms with van der Waals surface area (Å²) >= 11 is 0. The molecule has 1 aliphatic carbocycles. The number of rotatable bonds is 3. The van der Waals surface area contributed by atoms with E-state index in [2.05, 4.69) is 37.9 Å². The van der Waals surface area contributed by atoms with Crippen LogP contribution in [-0.4, -0.2) is 36.1 Å². The molecule has 2 fully saturated rings. The first kappa shape index (κ1) is 11.4. The highest BCUT2D eigenvalue weighted by Gasteiger charge is 2.42. The fourth-order valence-electron chi connectivity index (χ4n) is 3.36. The topological polar surface area (TPSA) is 15.3 Å². The second kappa shape index (κ2) is 4.42. The maximum Gasteiger partial charge on any atom is 0.0113 e. The van der Waals surface area contributed by atoms with Gasteiger partial charge in [0, 0.05) is 31.2 Å². The average Bonchev–Trinajstić information content (AvgIpc) is 2.66. The van der Waals surface area contributed by atoms with E-state index in [0.29, 0.717) is 6.04 Å². The first-order valence-corrected chi connectivity index (χ1v) is 6.58. The van der Waals surface area contributed by atoms with Crippen LogP contribution in [-0.2, 0) is 0 Å². The first-order chi connectivity index (χ1) is 7.08. The molecule has 3 atom stereocenters. The molecule has 0 radical (unpaired) electrons. The van der Waals surface area contributed by atoms with Crippen molar-refractivity contribution < 1.29 is 0 Å². The molecule has 0 aromatic rings. The molecule has 0 spiro atoms. The van der Waals surface area contributed by atoms with Gasteiger partial charge in [0.25, 0.3) is 0 Å². The molecule has 1 N–H and O–H groups in total. The van der Waals surface area contributed by atoms with E-state index in [-0.39, 0.29) is 0 Å². The van der Waals surface area contributed by atoms with Crippen LogP contribution in [0.2, 0.25) is 0 Å². The lowest BCUT2D eigenvalue weighted by Crippen LogP contribution is -2.40. The third-order valence-electron chi connectivity index (χ3n) is 4.16. The molecular formula is C13H26N2. The van der Waals surface area contributed by atoms with Crippen LogP contribution in [0.5, 0.6) is 0 Å². The van der Waals surface area contributed by atoms with Crippen LogP contribution >= 0.6 is 0 Å². The van der Waals surface area contributed by atoms with Crippen molar-refractivity contribution in [2.45, 2.75) is 58.7 Å². The molecule has 15 heavy (non-hydrogen) atoms. The van der Waals surface area contributed by atoms with Gasteiger partial charge < -0.3 is 10.2 Å². The number of hydrogen-bond acceptors (Lipinski definition) is 2. The van der Waals surface area contributed by atoms with Crippen LogP contribution in [0.25, 0.3) is 0 Å². The van der Waals surface area contributed by atoms with Gasteiger partial charge in [-0.2, -0.15) is 0 Å². The molecule has 2 nitrogen and oxygen atoms in total. The fraction of sp³-hybridized carbons (Fsp3) is 1.00. The Morgan fingerprint density at radius 1 is 1.07 bits per heavy atom. The summed E-state index contributed by atoms with van der Waals surface area (Å²) in [5, 5.41) is 3.75. The van der Waals surface area contributed by atoms with Gasteiger partial charge in [0.2, 0.25) is 0 Å². The Bertz CT molecular complexity index is 213. The maximum absolute atomic E-state index is 3.75. The lowest BCUT2D eigenvalue weighted by atomic mass is 9.97. The summed E-state index contributed by atoms with van der Waals surface area (Å²) in [4.78, 5) is 2.66. The van der Waals surface area contributed by atoms with Crippen LogP contribution < -0.4 is 5.32 Å². The van der Waals surface area contributed by atoms with Crippen molar-refractivity contribution in [3.63, 3.8) is 0 Å². The predicted octanol–water partition coefficient (Wildman–Crippen LogP) is 2.10. The van der Waals surface area contributed by atoms with E-state index in [1.165, 1.54) is 25.9 Å². The third kappa shape index (κ3) is 2.36. The molecule has 2 rings (SSSR count). The minimum Gasteiger partial charge on any atom is -0.311 e. The summed E-state index contributed by atoms with van der Waals surface area (Å²) in [6, 6.07) is 2.16. The van der Waals surface area contributed by atoms with Crippen molar-refractivity contribution >= 4 is 0 Å². The molecular weight excluding hydrogens is 184 g/mol. The number of fused-ring (bicyclic) bond motifs is 1. The van der Waals surface area contributed by atoms with Crippen LogP contribution in [0.4, 0.5) is 0 Å². The minimum absolute atomic E-state index is 0.641. The van der Waals surface area contributed by atoms with E-state index in [1.54, 1.807) is 0 Å². The van der Waals surface area contributed by atoms with E-state index in [4.69, 9.17) is 0 Å². The summed E-state index contributed by atoms with van der Waals surface area (Å²) < 4.78 is 0. The third-order valence-corrected chi connectivity index (χ3v) is 4.16. The molecule has 0 aromatic heterocycles. The van der Waals surface area contributed by atoms with E-state index >= 15 is 0 Å². The van der Waals surface area contributed by atoms with Gasteiger partial charge in [0.15, 0.2) is 0 Å². The SMILES string of the molecule is CC(C)NC1CCC2CN(C(C)C)CC21. The normalized spacial score (nSPS) is 36.8. The molecule has 1 aliphatic heterocycles. The van der Waals surface area contributed by atoms with Gasteiger partial charge in [0.1, 0.15) is 0 Å². The number of hydrogen-bond donors (Lipinski definition) is 1. The molecule has 1 saturated heterocycles. The van der Waals surface area contributed by atoms with Gasteiger partial charge in [-0.25, -0.2) is 0 Å². The van der Waals surface area contributed by atoms with Crippen LogP contribution in [0.1, 0.15) is 40.5 Å². The van der Waals surface area contributed by atoms with Crippen molar-refractivity contribution in [3.8, 4) is 0 Å². The lowest BCUT2D eigenvalue weighted by Gasteiger charge is -2.25. The van der Waals surface area contributed by atoms with Crippen molar-refractivity contribution in [1.29, 1.82) is 0 Å². The maximum atomic E-state index is 3.75. The Morgan fingerprint density at radius 2 is 1.80 bits per heavy atom. The highest BCUT2D eigenvalue weighted by Crippen LogP contribution is 2.38. The fourth-order valence-corrected chi connectivity index (χ4v) is 3.36. The van der Waals surface area contributed by atoms with Crippen molar-refractivity contribution in [3.05, 3.63) is 0 Å². The Balaban J connectivity index is 1.92. The molecule has 88 valence electrons. The summed E-state index contributed by atoms with van der Waals surface area (Å²) in [5.74, 6) is 1.90. The molecule has 3 unspecified atom stereocenters. The van der Waals surface area contributed by atoms with Crippen LogP contribution in [0.15, 0.2) is 0 Å². The molecule has 1 heterocycles. The van der Waals surface area contributed by atoms with Gasteiger partial charge in [-0.15, -0.1) is 0 Å². The quantitative estimate of drug-likeness (QED) is 0.767. The van der Waals surface area contributed by atoms with Gasteiger partial charge in [-0.05, 0) is 38.5 Å². The molecule has 2 aliphatic rings. The smallest absolute Gasteiger partial charge is 0.0113 e. The Kier molecular flexibility index (Phi) is 3.36. The minimum atomic E-state index is 0.641. The Morgan fingerprint density at radius 3 is 2.40 bits per heavy atom. The Hall–Kier alpha value is -0.0800. The van der Waals surface area contributed by atoms with Gasteiger partial charge in [0.05, 0.1) is 0 Å². The zero-order valence-electron chi connectivity index (χ0n) is 10.7. The molecule has 0 aromatic carbocycles. The second-order valence-electron chi connectivity index (χ2n) is 5.98. The number of nitrogens with zero attached hydrogens (tertiary/aromatic N) is 1. The zero-order valence-corrected chi connectivity index (χ0v) is 10.7. The van der Waals surface area contributed by atoms with Crippen LogP contribution in [0.3, 0.4) is 0 Å². The number of nitrogens with one attached hydrogen (secondary N) is 1. The monoisotopic (exact) mass is 210 g/mol. The molecule has 1 saturated carbocycles. The molecule has 0 bridgehead atoms. The van der Waals surface area contributed by atoms with E-state index in [9.17, 15) is 0 Å². The van der Waals surface area contributed by atoms with Crippen LogP contribution in [0, 0.1) is 11.8 Å². The first-order valence-electron chi connectivity index (χ1n) is 6.58. The van der Waals surface area contributed by atoms with Crippen molar-refractivity contribution in [2.24, 2.45) is 11.8 Å². The average molecular weight is 210 g/mol. The summed E-state index contributed by atoms with van der Waals surface area (Å²) in [7, 11) is 0. The summed E-state index contributed by atoms with van der Waals surface area (Å²) in [6.07, 6.45) is 2.84. The van der Waals surface area contributed by atoms with E-state index < -0.39 is 0 Å². The zero-order chi connectivity index (χ0) is 11.0. The second-order valence-corrected chi connectivity index (χ2v) is 5.98.